The minimum absolute atomic E-state index is 0.123. The predicted octanol–water partition coefficient (Wildman–Crippen LogP) is 1.23. The third-order valence-electron chi connectivity index (χ3n) is 3.71. The second kappa shape index (κ2) is 6.46. The molecule has 0 aliphatic carbocycles. The van der Waals surface area contributed by atoms with Crippen LogP contribution >= 0.6 is 0 Å². The summed E-state index contributed by atoms with van der Waals surface area (Å²) in [4.78, 5) is 4.36. The molecule has 116 valence electrons. The van der Waals surface area contributed by atoms with Crippen molar-refractivity contribution < 1.29 is 4.74 Å². The summed E-state index contributed by atoms with van der Waals surface area (Å²) in [5, 5.41) is 11.2. The fourth-order valence-corrected chi connectivity index (χ4v) is 2.54. The molecule has 22 heavy (non-hydrogen) atoms. The first-order valence-electron chi connectivity index (χ1n) is 7.42. The highest BCUT2D eigenvalue weighted by Crippen LogP contribution is 2.31. The zero-order valence-electron chi connectivity index (χ0n) is 12.6. The number of aliphatic imine (C=N–C) groups is 1. The molecule has 3 rings (SSSR count). The first-order valence-corrected chi connectivity index (χ1v) is 7.42. The predicted molar refractivity (Wildman–Crippen MR) is 83.5 cm³/mol. The monoisotopic (exact) mass is 300 g/mol. The largest absolute Gasteiger partial charge is 0.493 e. The van der Waals surface area contributed by atoms with Crippen LogP contribution in [0.3, 0.4) is 0 Å². The first-order chi connectivity index (χ1) is 10.8. The van der Waals surface area contributed by atoms with Gasteiger partial charge in [-0.25, -0.2) is 4.99 Å². The Kier molecular flexibility index (Phi) is 4.22. The van der Waals surface area contributed by atoms with Crippen molar-refractivity contribution >= 4 is 5.96 Å². The molecule has 0 spiro atoms. The van der Waals surface area contributed by atoms with E-state index in [4.69, 9.17) is 10.5 Å². The molecule has 0 bridgehead atoms. The average molecular weight is 300 g/mol. The van der Waals surface area contributed by atoms with Gasteiger partial charge in [0.25, 0.3) is 0 Å². The Balaban J connectivity index is 1.67. The molecule has 0 fully saturated rings. The van der Waals surface area contributed by atoms with Crippen LogP contribution in [0.25, 0.3) is 0 Å². The maximum Gasteiger partial charge on any atom is 0.189 e. The van der Waals surface area contributed by atoms with Gasteiger partial charge in [0.05, 0.1) is 12.6 Å². The molecule has 0 saturated carbocycles. The Morgan fingerprint density at radius 2 is 2.36 bits per heavy atom. The van der Waals surface area contributed by atoms with Crippen LogP contribution in [-0.4, -0.2) is 27.3 Å². The van der Waals surface area contributed by atoms with E-state index in [-0.39, 0.29) is 6.04 Å². The molecule has 1 aliphatic rings. The lowest BCUT2D eigenvalue weighted by atomic mass is 10.0. The van der Waals surface area contributed by atoms with Crippen LogP contribution in [-0.2, 0) is 13.1 Å². The van der Waals surface area contributed by atoms with Gasteiger partial charge in [0, 0.05) is 18.5 Å². The number of nitrogens with one attached hydrogen (secondary N) is 1. The number of fused-ring (bicyclic) bond motifs is 1. The smallest absolute Gasteiger partial charge is 0.189 e. The lowest BCUT2D eigenvalue weighted by molar-refractivity contribution is 0.262. The van der Waals surface area contributed by atoms with E-state index < -0.39 is 0 Å². The number of ether oxygens (including phenoxy) is 1. The van der Waals surface area contributed by atoms with Crippen molar-refractivity contribution in [1.82, 2.24) is 20.1 Å². The second-order valence-electron chi connectivity index (χ2n) is 5.11. The van der Waals surface area contributed by atoms with Gasteiger partial charge in [-0.05, 0) is 13.0 Å². The molecule has 0 radical (unpaired) electrons. The number of para-hydroxylation sites is 1. The summed E-state index contributed by atoms with van der Waals surface area (Å²) in [7, 11) is 0. The van der Waals surface area contributed by atoms with Gasteiger partial charge in [-0.2, -0.15) is 0 Å². The van der Waals surface area contributed by atoms with Crippen molar-refractivity contribution in [3.8, 4) is 5.75 Å². The number of rotatable bonds is 4. The molecule has 1 aromatic heterocycles. The van der Waals surface area contributed by atoms with Gasteiger partial charge in [-0.3, -0.25) is 0 Å². The number of benzene rings is 1. The quantitative estimate of drug-likeness (QED) is 0.654. The maximum absolute atomic E-state index is 6.01. The first kappa shape index (κ1) is 14.4. The number of nitrogens with zero attached hydrogens (tertiary/aromatic N) is 4. The van der Waals surface area contributed by atoms with Gasteiger partial charge in [-0.1, -0.05) is 18.2 Å². The maximum atomic E-state index is 6.01. The molecule has 7 nitrogen and oxygen atoms in total. The minimum atomic E-state index is 0.123. The highest BCUT2D eigenvalue weighted by atomic mass is 16.5. The van der Waals surface area contributed by atoms with Gasteiger partial charge in [0.1, 0.15) is 18.6 Å². The summed E-state index contributed by atoms with van der Waals surface area (Å²) < 4.78 is 7.59. The fourth-order valence-electron chi connectivity index (χ4n) is 2.54. The Morgan fingerprint density at radius 1 is 1.50 bits per heavy atom. The van der Waals surface area contributed by atoms with Crippen molar-refractivity contribution in [2.45, 2.75) is 32.5 Å². The molecule has 2 heterocycles. The molecule has 7 heteroatoms. The lowest BCUT2D eigenvalue weighted by Crippen LogP contribution is -2.37. The summed E-state index contributed by atoms with van der Waals surface area (Å²) in [6.07, 6.45) is 2.56. The summed E-state index contributed by atoms with van der Waals surface area (Å²) in [6, 6.07) is 8.11. The van der Waals surface area contributed by atoms with Crippen molar-refractivity contribution in [3.05, 3.63) is 42.0 Å². The number of nitrogens with two attached hydrogens (primary N) is 1. The average Bonchev–Trinajstić information content (AvgIpc) is 3.01. The number of aryl methyl sites for hydroxylation is 1. The van der Waals surface area contributed by atoms with E-state index >= 15 is 0 Å². The van der Waals surface area contributed by atoms with Gasteiger partial charge in [0.15, 0.2) is 11.8 Å². The normalized spacial score (nSPS) is 17.7. The number of hydrogen-bond acceptors (Lipinski definition) is 4. The molecule has 1 aliphatic heterocycles. The Labute approximate surface area is 129 Å². The lowest BCUT2D eigenvalue weighted by Gasteiger charge is -2.26. The Morgan fingerprint density at radius 3 is 3.23 bits per heavy atom. The Bertz CT molecular complexity index is 666. The van der Waals surface area contributed by atoms with Gasteiger partial charge >= 0.3 is 0 Å². The second-order valence-corrected chi connectivity index (χ2v) is 5.11. The fraction of sp³-hybridized carbons (Fsp3) is 0.400. The van der Waals surface area contributed by atoms with Crippen LogP contribution in [0.2, 0.25) is 0 Å². The van der Waals surface area contributed by atoms with E-state index in [0.717, 1.165) is 30.1 Å². The molecular formula is C15H20N6O. The summed E-state index contributed by atoms with van der Waals surface area (Å²) in [5.74, 6) is 2.12. The summed E-state index contributed by atoms with van der Waals surface area (Å²) >= 11 is 0. The minimum Gasteiger partial charge on any atom is -0.493 e. The third-order valence-corrected chi connectivity index (χ3v) is 3.71. The molecular weight excluding hydrogens is 280 g/mol. The van der Waals surface area contributed by atoms with Gasteiger partial charge < -0.3 is 20.4 Å². The van der Waals surface area contributed by atoms with E-state index in [1.54, 1.807) is 6.33 Å². The van der Waals surface area contributed by atoms with Crippen molar-refractivity contribution in [2.24, 2.45) is 10.7 Å². The highest BCUT2D eigenvalue weighted by Gasteiger charge is 2.21. The van der Waals surface area contributed by atoms with E-state index in [2.05, 4.69) is 20.5 Å². The summed E-state index contributed by atoms with van der Waals surface area (Å²) in [5.41, 5.74) is 7.12. The number of guanidine groups is 1. The van der Waals surface area contributed by atoms with Gasteiger partial charge in [-0.15, -0.1) is 10.2 Å². The molecule has 1 unspecified atom stereocenters. The van der Waals surface area contributed by atoms with E-state index in [9.17, 15) is 0 Å². The van der Waals surface area contributed by atoms with Crippen LogP contribution in [0, 0.1) is 0 Å². The molecule has 3 N–H and O–H groups in total. The van der Waals surface area contributed by atoms with Crippen LogP contribution in [0.15, 0.2) is 35.6 Å². The van der Waals surface area contributed by atoms with E-state index in [1.165, 1.54) is 0 Å². The SMILES string of the molecule is CCn1cnnc1CN=C(N)NC1CCOc2ccccc21. The zero-order chi connectivity index (χ0) is 15.4. The third kappa shape index (κ3) is 3.03. The van der Waals surface area contributed by atoms with Crippen LogP contribution in [0.5, 0.6) is 5.75 Å². The number of hydrogen-bond donors (Lipinski definition) is 2. The topological polar surface area (TPSA) is 90.4 Å². The standard InChI is InChI=1S/C15H20N6O/c1-2-21-10-18-20-14(21)9-17-15(16)19-12-7-8-22-13-6-4-3-5-11(12)13/h3-6,10,12H,2,7-9H2,1H3,(H3,16,17,19). The van der Waals surface area contributed by atoms with E-state index in [1.807, 2.05) is 35.8 Å². The molecule has 0 saturated heterocycles. The van der Waals surface area contributed by atoms with Crippen LogP contribution < -0.4 is 15.8 Å². The van der Waals surface area contributed by atoms with Crippen molar-refractivity contribution in [3.63, 3.8) is 0 Å². The molecule has 1 aromatic carbocycles. The molecule has 1 atom stereocenters. The van der Waals surface area contributed by atoms with Crippen molar-refractivity contribution in [1.29, 1.82) is 0 Å². The number of aromatic nitrogens is 3. The van der Waals surface area contributed by atoms with Crippen LogP contribution in [0.4, 0.5) is 0 Å². The molecule has 2 aromatic rings. The van der Waals surface area contributed by atoms with E-state index in [0.29, 0.717) is 19.1 Å². The molecule has 0 amide bonds. The van der Waals surface area contributed by atoms with Crippen molar-refractivity contribution in [2.75, 3.05) is 6.61 Å². The Hall–Kier alpha value is -2.57. The zero-order valence-corrected chi connectivity index (χ0v) is 12.6. The van der Waals surface area contributed by atoms with Crippen LogP contribution in [0.1, 0.15) is 30.8 Å². The highest BCUT2D eigenvalue weighted by molar-refractivity contribution is 5.78. The summed E-state index contributed by atoms with van der Waals surface area (Å²) in [6.45, 7) is 3.94. The van der Waals surface area contributed by atoms with Gasteiger partial charge in [0.2, 0.25) is 0 Å².